The molecule has 0 bridgehead atoms. The van der Waals surface area contributed by atoms with Crippen molar-refractivity contribution in [3.8, 4) is 23.0 Å². The summed E-state index contributed by atoms with van der Waals surface area (Å²) in [5.74, 6) is 3.20. The maximum atomic E-state index is 6.08. The van der Waals surface area contributed by atoms with E-state index in [0.29, 0.717) is 0 Å². The van der Waals surface area contributed by atoms with Crippen LogP contribution in [0.25, 0.3) is 0 Å². The number of hydrogen-bond donors (Lipinski definition) is 2. The number of nitrogens with two attached hydrogens (primary N) is 2. The Labute approximate surface area is 234 Å². The molecule has 4 nitrogen and oxygen atoms in total. The fourth-order valence-electron chi connectivity index (χ4n) is 5.28. The van der Waals surface area contributed by atoms with Gasteiger partial charge in [-0.15, -0.1) is 0 Å². The van der Waals surface area contributed by atoms with E-state index in [4.69, 9.17) is 20.9 Å². The minimum atomic E-state index is -0.0792. The largest absolute Gasteiger partial charge is 0.457 e. The number of hydrogen-bond acceptors (Lipinski definition) is 4. The van der Waals surface area contributed by atoms with Crippen molar-refractivity contribution in [3.05, 3.63) is 108 Å². The third-order valence-corrected chi connectivity index (χ3v) is 7.61. The van der Waals surface area contributed by atoms with Crippen molar-refractivity contribution in [1.82, 2.24) is 0 Å². The van der Waals surface area contributed by atoms with Gasteiger partial charge in [0.2, 0.25) is 0 Å². The second-order valence-corrected chi connectivity index (χ2v) is 10.3. The lowest BCUT2D eigenvalue weighted by atomic mass is 9.69. The highest BCUT2D eigenvalue weighted by atomic mass is 16.5. The molecule has 0 heterocycles. The topological polar surface area (TPSA) is 70.5 Å². The van der Waals surface area contributed by atoms with E-state index in [-0.39, 0.29) is 5.41 Å². The van der Waals surface area contributed by atoms with E-state index in [9.17, 15) is 0 Å². The van der Waals surface area contributed by atoms with Gasteiger partial charge >= 0.3 is 0 Å². The van der Waals surface area contributed by atoms with E-state index in [0.717, 1.165) is 47.2 Å². The van der Waals surface area contributed by atoms with Crippen molar-refractivity contribution in [2.24, 2.45) is 0 Å². The lowest BCUT2D eigenvalue weighted by molar-refractivity contribution is 0.423. The Kier molecular flexibility index (Phi) is 9.91. The molecule has 4 N–H and O–H groups in total. The number of benzene rings is 4. The predicted octanol–water partition coefficient (Wildman–Crippen LogP) is 9.88. The van der Waals surface area contributed by atoms with E-state index in [2.05, 4.69) is 62.4 Å². The number of ether oxygens (including phenoxy) is 2. The summed E-state index contributed by atoms with van der Waals surface area (Å²) in [5, 5.41) is 0. The number of unbranched alkanes of at least 4 members (excludes halogenated alkanes) is 5. The number of nitrogen functional groups attached to an aromatic ring is 2. The lowest BCUT2D eigenvalue weighted by Gasteiger charge is -2.35. The molecule has 204 valence electrons. The molecular formula is C35H42N2O2. The normalized spacial score (nSPS) is 11.3. The van der Waals surface area contributed by atoms with Gasteiger partial charge in [-0.1, -0.05) is 76.6 Å². The zero-order valence-electron chi connectivity index (χ0n) is 23.4. The standard InChI is InChI=1S/C35H42N2O2/c1-3-5-6-7-8-9-26-35(4-2,27-10-18-31(19-11-27)38-33-22-14-29(36)15-23-33)28-12-20-32(21-13-28)39-34-24-16-30(37)17-25-34/h10-25H,3-9,26,36-37H2,1-2H3. The van der Waals surface area contributed by atoms with Gasteiger partial charge in [0.15, 0.2) is 0 Å². The van der Waals surface area contributed by atoms with E-state index in [1.54, 1.807) is 0 Å². The van der Waals surface area contributed by atoms with Crippen molar-refractivity contribution < 1.29 is 9.47 Å². The van der Waals surface area contributed by atoms with E-state index >= 15 is 0 Å². The summed E-state index contributed by atoms with van der Waals surface area (Å²) in [6.45, 7) is 4.57. The molecule has 0 aliphatic rings. The summed E-state index contributed by atoms with van der Waals surface area (Å²) >= 11 is 0. The molecule has 0 saturated carbocycles. The van der Waals surface area contributed by atoms with Crippen LogP contribution in [0.4, 0.5) is 11.4 Å². The predicted molar refractivity (Wildman–Crippen MR) is 164 cm³/mol. The van der Waals surface area contributed by atoms with Crippen LogP contribution in [0.2, 0.25) is 0 Å². The molecule has 0 aliphatic carbocycles. The van der Waals surface area contributed by atoms with Gasteiger partial charge in [-0.3, -0.25) is 0 Å². The Bertz CT molecular complexity index is 1170. The molecule has 0 aliphatic heterocycles. The van der Waals surface area contributed by atoms with Crippen LogP contribution in [0.1, 0.15) is 76.3 Å². The first kappa shape index (κ1) is 28.1. The van der Waals surface area contributed by atoms with Gasteiger partial charge in [-0.05, 0) is 96.8 Å². The zero-order valence-corrected chi connectivity index (χ0v) is 23.4. The Morgan fingerprint density at radius 2 is 0.846 bits per heavy atom. The molecule has 4 rings (SSSR count). The van der Waals surface area contributed by atoms with Crippen molar-refractivity contribution in [2.75, 3.05) is 11.5 Å². The first-order chi connectivity index (χ1) is 19.0. The average Bonchev–Trinajstić information content (AvgIpc) is 2.96. The van der Waals surface area contributed by atoms with Crippen LogP contribution < -0.4 is 20.9 Å². The highest BCUT2D eigenvalue weighted by Crippen LogP contribution is 2.42. The average molecular weight is 523 g/mol. The summed E-state index contributed by atoms with van der Waals surface area (Å²) in [6, 6.07) is 32.2. The number of anilines is 2. The Balaban J connectivity index is 1.56. The smallest absolute Gasteiger partial charge is 0.127 e. The van der Waals surface area contributed by atoms with Crippen LogP contribution in [0.3, 0.4) is 0 Å². The Morgan fingerprint density at radius 3 is 1.23 bits per heavy atom. The SMILES string of the molecule is CCCCCCCCC(CC)(c1ccc(Oc2ccc(N)cc2)cc1)c1ccc(Oc2ccc(N)cc2)cc1. The molecular weight excluding hydrogens is 480 g/mol. The van der Waals surface area contributed by atoms with Crippen LogP contribution in [0.5, 0.6) is 23.0 Å². The second kappa shape index (κ2) is 13.7. The molecule has 0 amide bonds. The zero-order chi connectivity index (χ0) is 27.5. The van der Waals surface area contributed by atoms with Gasteiger partial charge in [0.25, 0.3) is 0 Å². The van der Waals surface area contributed by atoms with Gasteiger partial charge in [0.1, 0.15) is 23.0 Å². The molecule has 4 heteroatoms. The molecule has 4 aromatic rings. The van der Waals surface area contributed by atoms with Crippen LogP contribution in [-0.4, -0.2) is 0 Å². The third-order valence-electron chi connectivity index (χ3n) is 7.61. The highest BCUT2D eigenvalue weighted by molar-refractivity contribution is 5.47. The van der Waals surface area contributed by atoms with Crippen molar-refractivity contribution in [3.63, 3.8) is 0 Å². The van der Waals surface area contributed by atoms with Crippen LogP contribution in [-0.2, 0) is 5.41 Å². The lowest BCUT2D eigenvalue weighted by Crippen LogP contribution is -2.27. The van der Waals surface area contributed by atoms with Crippen molar-refractivity contribution in [2.45, 2.75) is 70.6 Å². The van der Waals surface area contributed by atoms with E-state index in [1.807, 2.05) is 48.5 Å². The molecule has 0 unspecified atom stereocenters. The van der Waals surface area contributed by atoms with E-state index in [1.165, 1.54) is 49.7 Å². The van der Waals surface area contributed by atoms with Crippen molar-refractivity contribution in [1.29, 1.82) is 0 Å². The maximum absolute atomic E-state index is 6.08. The summed E-state index contributed by atoms with van der Waals surface area (Å²) < 4.78 is 12.2. The quantitative estimate of drug-likeness (QED) is 0.128. The van der Waals surface area contributed by atoms with Crippen molar-refractivity contribution >= 4 is 11.4 Å². The summed E-state index contributed by atoms with van der Waals surface area (Å²) in [4.78, 5) is 0. The molecule has 0 radical (unpaired) electrons. The summed E-state index contributed by atoms with van der Waals surface area (Å²) in [6.07, 6.45) is 9.80. The Hall–Kier alpha value is -3.92. The first-order valence-electron chi connectivity index (χ1n) is 14.3. The van der Waals surface area contributed by atoms with Crippen LogP contribution in [0, 0.1) is 0 Å². The number of rotatable bonds is 14. The van der Waals surface area contributed by atoms with Gasteiger partial charge < -0.3 is 20.9 Å². The minimum Gasteiger partial charge on any atom is -0.457 e. The summed E-state index contributed by atoms with van der Waals surface area (Å²) in [7, 11) is 0. The molecule has 4 aromatic carbocycles. The van der Waals surface area contributed by atoms with Gasteiger partial charge in [0, 0.05) is 16.8 Å². The van der Waals surface area contributed by atoms with Gasteiger partial charge in [-0.2, -0.15) is 0 Å². The first-order valence-corrected chi connectivity index (χ1v) is 14.3. The monoisotopic (exact) mass is 522 g/mol. The molecule has 0 fully saturated rings. The molecule has 0 atom stereocenters. The molecule has 0 aromatic heterocycles. The fourth-order valence-corrected chi connectivity index (χ4v) is 5.28. The third kappa shape index (κ3) is 7.57. The highest BCUT2D eigenvalue weighted by Gasteiger charge is 2.32. The molecule has 39 heavy (non-hydrogen) atoms. The molecule has 0 spiro atoms. The van der Waals surface area contributed by atoms with E-state index < -0.39 is 0 Å². The maximum Gasteiger partial charge on any atom is 0.127 e. The minimum absolute atomic E-state index is 0.0792. The van der Waals surface area contributed by atoms with Gasteiger partial charge in [-0.25, -0.2) is 0 Å². The Morgan fingerprint density at radius 1 is 0.487 bits per heavy atom. The van der Waals surface area contributed by atoms with Crippen LogP contribution >= 0.6 is 0 Å². The summed E-state index contributed by atoms with van der Waals surface area (Å²) in [5.41, 5.74) is 15.6. The second-order valence-electron chi connectivity index (χ2n) is 10.3. The van der Waals surface area contributed by atoms with Gasteiger partial charge in [0.05, 0.1) is 0 Å². The fraction of sp³-hybridized carbons (Fsp3) is 0.314. The van der Waals surface area contributed by atoms with Crippen LogP contribution in [0.15, 0.2) is 97.1 Å². The molecule has 0 saturated heterocycles.